The number of hydrogen-bond donors (Lipinski definition) is 2. The molecule has 0 radical (unpaired) electrons. The number of para-hydroxylation sites is 1. The van der Waals surface area contributed by atoms with Crippen LogP contribution in [0, 0.1) is 0 Å². The molecule has 1 amide bonds. The summed E-state index contributed by atoms with van der Waals surface area (Å²) < 4.78 is 27.1. The van der Waals surface area contributed by atoms with Crippen molar-refractivity contribution in [3.8, 4) is 0 Å². The van der Waals surface area contributed by atoms with Gasteiger partial charge in [0.15, 0.2) is 0 Å². The van der Waals surface area contributed by atoms with Crippen molar-refractivity contribution in [3.63, 3.8) is 0 Å². The number of sulfonamides is 1. The molecule has 2 aromatic carbocycles. The van der Waals surface area contributed by atoms with E-state index in [-0.39, 0.29) is 23.2 Å². The third kappa shape index (κ3) is 5.89. The quantitative estimate of drug-likeness (QED) is 0.738. The van der Waals surface area contributed by atoms with Crippen molar-refractivity contribution in [1.82, 2.24) is 5.32 Å². The summed E-state index contributed by atoms with van der Waals surface area (Å²) in [6.07, 6.45) is 2.24. The van der Waals surface area contributed by atoms with Gasteiger partial charge in [0.05, 0.1) is 16.7 Å². The number of carbonyl (C=O) groups excluding carboxylic acids is 1. The Bertz CT molecular complexity index is 893. The van der Waals surface area contributed by atoms with Crippen LogP contribution in [0.25, 0.3) is 6.08 Å². The molecule has 138 valence electrons. The lowest BCUT2D eigenvalue weighted by molar-refractivity contribution is 0.0940. The summed E-state index contributed by atoms with van der Waals surface area (Å²) in [6.45, 7) is 3.85. The maximum absolute atomic E-state index is 12.4. The van der Waals surface area contributed by atoms with Crippen LogP contribution in [0.2, 0.25) is 5.02 Å². The van der Waals surface area contributed by atoms with E-state index in [4.69, 9.17) is 11.6 Å². The zero-order valence-electron chi connectivity index (χ0n) is 14.6. The van der Waals surface area contributed by atoms with E-state index in [9.17, 15) is 13.2 Å². The minimum atomic E-state index is -3.78. The van der Waals surface area contributed by atoms with Crippen molar-refractivity contribution in [3.05, 3.63) is 70.1 Å². The van der Waals surface area contributed by atoms with Crippen LogP contribution in [-0.2, 0) is 10.0 Å². The van der Waals surface area contributed by atoms with Crippen LogP contribution in [0.1, 0.15) is 36.2 Å². The van der Waals surface area contributed by atoms with Crippen LogP contribution >= 0.6 is 11.6 Å². The van der Waals surface area contributed by atoms with Gasteiger partial charge in [0, 0.05) is 11.1 Å². The van der Waals surface area contributed by atoms with Crippen molar-refractivity contribution in [1.29, 1.82) is 0 Å². The Labute approximate surface area is 159 Å². The van der Waals surface area contributed by atoms with Gasteiger partial charge in [-0.05, 0) is 49.2 Å². The molecule has 0 bridgehead atoms. The van der Waals surface area contributed by atoms with Gasteiger partial charge in [-0.15, -0.1) is 0 Å². The van der Waals surface area contributed by atoms with E-state index >= 15 is 0 Å². The Kier molecular flexibility index (Phi) is 6.83. The monoisotopic (exact) mass is 392 g/mol. The maximum atomic E-state index is 12.4. The number of anilines is 1. The molecule has 0 saturated carbocycles. The summed E-state index contributed by atoms with van der Waals surface area (Å²) in [5, 5.41) is 4.46. The van der Waals surface area contributed by atoms with Gasteiger partial charge >= 0.3 is 0 Å². The number of benzene rings is 2. The molecule has 0 aliphatic rings. The summed E-state index contributed by atoms with van der Waals surface area (Å²) in [5.74, 6) is -0.320. The summed E-state index contributed by atoms with van der Waals surface area (Å²) >= 11 is 5.81. The first-order chi connectivity index (χ1) is 12.3. The van der Waals surface area contributed by atoms with Crippen molar-refractivity contribution in [2.75, 3.05) is 4.72 Å². The molecule has 2 rings (SSSR count). The maximum Gasteiger partial charge on any atom is 0.255 e. The number of amides is 1. The normalized spacial score (nSPS) is 12.7. The highest BCUT2D eigenvalue weighted by Gasteiger charge is 2.15. The molecule has 26 heavy (non-hydrogen) atoms. The molecule has 0 spiro atoms. The van der Waals surface area contributed by atoms with E-state index in [1.54, 1.807) is 48.5 Å². The predicted octanol–water partition coefficient (Wildman–Crippen LogP) is 4.28. The third-order valence-electron chi connectivity index (χ3n) is 3.72. The highest BCUT2D eigenvalue weighted by Crippen LogP contribution is 2.18. The standard InChI is InChI=1S/C19H21ClN2O3S/c1-3-14(2)21-19(23)17-6-4-5-7-18(17)22-26(24,25)13-12-15-8-10-16(20)11-9-15/h4-14,22H,3H2,1-2H3,(H,21,23)/b13-12+/t14-/m1/s1. The van der Waals surface area contributed by atoms with Gasteiger partial charge in [0.2, 0.25) is 0 Å². The van der Waals surface area contributed by atoms with Crippen LogP contribution in [0.15, 0.2) is 53.9 Å². The van der Waals surface area contributed by atoms with Gasteiger partial charge < -0.3 is 5.32 Å². The van der Waals surface area contributed by atoms with E-state index in [2.05, 4.69) is 10.0 Å². The van der Waals surface area contributed by atoms with Gasteiger partial charge in [-0.2, -0.15) is 0 Å². The average Bonchev–Trinajstić information content (AvgIpc) is 2.61. The van der Waals surface area contributed by atoms with Crippen LogP contribution in [-0.4, -0.2) is 20.4 Å². The smallest absolute Gasteiger partial charge is 0.255 e. The Balaban J connectivity index is 2.19. The SMILES string of the molecule is CC[C@@H](C)NC(=O)c1ccccc1NS(=O)(=O)/C=C/c1ccc(Cl)cc1. The molecule has 0 aliphatic heterocycles. The van der Waals surface area contributed by atoms with E-state index in [1.165, 1.54) is 6.08 Å². The Morgan fingerprint density at radius 2 is 1.81 bits per heavy atom. The molecule has 0 heterocycles. The largest absolute Gasteiger partial charge is 0.350 e. The lowest BCUT2D eigenvalue weighted by Crippen LogP contribution is -2.32. The molecule has 5 nitrogen and oxygen atoms in total. The molecule has 2 N–H and O–H groups in total. The number of nitrogens with one attached hydrogen (secondary N) is 2. The molecule has 0 aliphatic carbocycles. The average molecular weight is 393 g/mol. The first-order valence-corrected chi connectivity index (χ1v) is 10.1. The van der Waals surface area contributed by atoms with E-state index in [0.29, 0.717) is 10.6 Å². The lowest BCUT2D eigenvalue weighted by Gasteiger charge is -2.14. The molecular weight excluding hydrogens is 372 g/mol. The Morgan fingerprint density at radius 1 is 1.15 bits per heavy atom. The third-order valence-corrected chi connectivity index (χ3v) is 4.97. The second-order valence-corrected chi connectivity index (χ2v) is 7.83. The van der Waals surface area contributed by atoms with Crippen LogP contribution in [0.4, 0.5) is 5.69 Å². The topological polar surface area (TPSA) is 75.3 Å². The molecule has 1 atom stereocenters. The highest BCUT2D eigenvalue weighted by atomic mass is 35.5. The molecule has 7 heteroatoms. The number of rotatable bonds is 7. The summed E-state index contributed by atoms with van der Waals surface area (Å²) in [4.78, 5) is 12.4. The highest BCUT2D eigenvalue weighted by molar-refractivity contribution is 7.95. The molecular formula is C19H21ClN2O3S. The summed E-state index contributed by atoms with van der Waals surface area (Å²) in [6, 6.07) is 13.3. The van der Waals surface area contributed by atoms with E-state index in [0.717, 1.165) is 11.8 Å². The van der Waals surface area contributed by atoms with Gasteiger partial charge in [0.1, 0.15) is 0 Å². The zero-order valence-corrected chi connectivity index (χ0v) is 16.1. The van der Waals surface area contributed by atoms with Gasteiger partial charge in [-0.3, -0.25) is 9.52 Å². The summed E-state index contributed by atoms with van der Waals surface area (Å²) in [5.41, 5.74) is 1.20. The fourth-order valence-electron chi connectivity index (χ4n) is 2.10. The van der Waals surface area contributed by atoms with Crippen LogP contribution in [0.5, 0.6) is 0 Å². The van der Waals surface area contributed by atoms with Gasteiger partial charge in [-0.25, -0.2) is 8.42 Å². The second kappa shape index (κ2) is 8.87. The first-order valence-electron chi connectivity index (χ1n) is 8.17. The predicted molar refractivity (Wildman–Crippen MR) is 107 cm³/mol. The Hall–Kier alpha value is -2.31. The lowest BCUT2D eigenvalue weighted by atomic mass is 10.1. The van der Waals surface area contributed by atoms with Gasteiger partial charge in [-0.1, -0.05) is 42.8 Å². The second-order valence-electron chi connectivity index (χ2n) is 5.83. The molecule has 0 fully saturated rings. The van der Waals surface area contributed by atoms with Crippen LogP contribution in [0.3, 0.4) is 0 Å². The molecule has 0 aromatic heterocycles. The van der Waals surface area contributed by atoms with Crippen molar-refractivity contribution in [2.45, 2.75) is 26.3 Å². The number of hydrogen-bond acceptors (Lipinski definition) is 3. The minimum absolute atomic E-state index is 0.00281. The number of halogens is 1. The van der Waals surface area contributed by atoms with Crippen LogP contribution < -0.4 is 10.0 Å². The molecule has 2 aromatic rings. The van der Waals surface area contributed by atoms with Crippen molar-refractivity contribution >= 4 is 39.3 Å². The molecule has 0 unspecified atom stereocenters. The minimum Gasteiger partial charge on any atom is -0.350 e. The fraction of sp³-hybridized carbons (Fsp3) is 0.211. The fourth-order valence-corrected chi connectivity index (χ4v) is 3.12. The number of carbonyl (C=O) groups is 1. The molecule has 0 saturated heterocycles. The zero-order chi connectivity index (χ0) is 19.2. The van der Waals surface area contributed by atoms with E-state index < -0.39 is 10.0 Å². The van der Waals surface area contributed by atoms with E-state index in [1.807, 2.05) is 13.8 Å². The van der Waals surface area contributed by atoms with Crippen molar-refractivity contribution in [2.24, 2.45) is 0 Å². The first kappa shape index (κ1) is 20.0. The Morgan fingerprint density at radius 3 is 2.46 bits per heavy atom. The van der Waals surface area contributed by atoms with Crippen molar-refractivity contribution < 1.29 is 13.2 Å². The summed E-state index contributed by atoms with van der Waals surface area (Å²) in [7, 11) is -3.78. The van der Waals surface area contributed by atoms with Gasteiger partial charge in [0.25, 0.3) is 15.9 Å².